The Morgan fingerprint density at radius 2 is 1.74 bits per heavy atom. The van der Waals surface area contributed by atoms with Crippen molar-refractivity contribution in [1.82, 2.24) is 9.97 Å². The highest BCUT2D eigenvalue weighted by Crippen LogP contribution is 2.33. The lowest BCUT2D eigenvalue weighted by Gasteiger charge is -2.15. The van der Waals surface area contributed by atoms with Crippen molar-refractivity contribution in [2.45, 2.75) is 17.1 Å². The van der Waals surface area contributed by atoms with Gasteiger partial charge in [-0.3, -0.25) is 0 Å². The highest BCUT2D eigenvalue weighted by molar-refractivity contribution is 7.92. The van der Waals surface area contributed by atoms with E-state index in [1.165, 1.54) is 12.1 Å². The number of aliphatic hydroxyl groups is 1. The van der Waals surface area contributed by atoms with Crippen molar-refractivity contribution in [1.29, 1.82) is 5.26 Å². The maximum absolute atomic E-state index is 13.0. The van der Waals surface area contributed by atoms with Crippen LogP contribution < -0.4 is 4.74 Å². The van der Waals surface area contributed by atoms with E-state index in [0.29, 0.717) is 11.0 Å². The van der Waals surface area contributed by atoms with Crippen LogP contribution in [0.5, 0.6) is 5.88 Å². The minimum Gasteiger partial charge on any atom is -0.474 e. The van der Waals surface area contributed by atoms with Gasteiger partial charge < -0.3 is 9.84 Å². The molecule has 3 aromatic rings. The third-order valence-electron chi connectivity index (χ3n) is 3.92. The van der Waals surface area contributed by atoms with Crippen LogP contribution in [0, 0.1) is 18.3 Å². The fourth-order valence-corrected chi connectivity index (χ4v) is 3.93. The maximum Gasteiger partial charge on any atom is 0.238 e. The number of para-hydroxylation sites is 2. The predicted octanol–water partition coefficient (Wildman–Crippen LogP) is 2.35. The topological polar surface area (TPSA) is 113 Å². The first-order valence-corrected chi connectivity index (χ1v) is 9.72. The minimum atomic E-state index is -4.04. The fourth-order valence-electron chi connectivity index (χ4n) is 2.56. The van der Waals surface area contributed by atoms with Gasteiger partial charge in [-0.25, -0.2) is 18.4 Å². The van der Waals surface area contributed by atoms with E-state index in [9.17, 15) is 13.7 Å². The summed E-state index contributed by atoms with van der Waals surface area (Å²) in [7, 11) is -4.04. The van der Waals surface area contributed by atoms with E-state index >= 15 is 0 Å². The largest absolute Gasteiger partial charge is 0.474 e. The van der Waals surface area contributed by atoms with Gasteiger partial charge in [-0.1, -0.05) is 29.8 Å². The molecule has 0 saturated heterocycles. The van der Waals surface area contributed by atoms with Crippen LogP contribution in [0.15, 0.2) is 53.4 Å². The number of nitrogens with zero attached hydrogens (tertiary/aromatic N) is 3. The standard InChI is InChI=1S/C19H17N3O4S/c1-13-6-8-14(9-7-13)27(24,25)17(12-20)18-19(26-11-10-23)22-16-5-3-2-4-15(16)21-18/h2-9,17,23H,10-11H2,1H3/t17-/m0/s1. The molecule has 0 spiro atoms. The van der Waals surface area contributed by atoms with Crippen molar-refractivity contribution in [2.75, 3.05) is 13.2 Å². The Labute approximate surface area is 156 Å². The van der Waals surface area contributed by atoms with Crippen molar-refractivity contribution in [3.8, 4) is 11.9 Å². The third kappa shape index (κ3) is 3.74. The highest BCUT2D eigenvalue weighted by atomic mass is 32.2. The molecule has 0 saturated carbocycles. The molecule has 8 heteroatoms. The van der Waals surface area contributed by atoms with E-state index in [1.807, 2.05) is 13.0 Å². The Bertz CT molecular complexity index is 1110. The molecular formula is C19H17N3O4S. The van der Waals surface area contributed by atoms with E-state index in [4.69, 9.17) is 9.84 Å². The molecular weight excluding hydrogens is 366 g/mol. The molecule has 27 heavy (non-hydrogen) atoms. The van der Waals surface area contributed by atoms with Crippen molar-refractivity contribution in [3.63, 3.8) is 0 Å². The molecule has 2 aromatic carbocycles. The van der Waals surface area contributed by atoms with Crippen molar-refractivity contribution < 1.29 is 18.3 Å². The lowest BCUT2D eigenvalue weighted by molar-refractivity contribution is 0.195. The molecule has 0 aliphatic heterocycles. The van der Waals surface area contributed by atoms with Gasteiger partial charge in [0.05, 0.1) is 28.6 Å². The second kappa shape index (κ2) is 7.70. The van der Waals surface area contributed by atoms with Gasteiger partial charge in [0.15, 0.2) is 5.25 Å². The summed E-state index contributed by atoms with van der Waals surface area (Å²) in [4.78, 5) is 8.65. The van der Waals surface area contributed by atoms with Gasteiger partial charge in [0.1, 0.15) is 12.3 Å². The van der Waals surface area contributed by atoms with Crippen LogP contribution in [0.1, 0.15) is 16.5 Å². The SMILES string of the molecule is Cc1ccc(S(=O)(=O)[C@@H](C#N)c2nc3ccccc3nc2OCCO)cc1. The lowest BCUT2D eigenvalue weighted by atomic mass is 10.2. The molecule has 3 rings (SSSR count). The van der Waals surface area contributed by atoms with E-state index in [2.05, 4.69) is 9.97 Å². The fraction of sp³-hybridized carbons (Fsp3) is 0.211. The van der Waals surface area contributed by atoms with Gasteiger partial charge >= 0.3 is 0 Å². The molecule has 0 fully saturated rings. The lowest BCUT2D eigenvalue weighted by Crippen LogP contribution is -2.17. The Kier molecular flexibility index (Phi) is 5.35. The molecule has 0 unspecified atom stereocenters. The summed E-state index contributed by atoms with van der Waals surface area (Å²) in [5, 5.41) is 17.1. The first-order chi connectivity index (χ1) is 13.0. The number of aliphatic hydroxyl groups excluding tert-OH is 1. The molecule has 138 valence electrons. The van der Waals surface area contributed by atoms with Crippen LogP contribution in [-0.2, 0) is 9.84 Å². The number of nitriles is 1. The van der Waals surface area contributed by atoms with E-state index in [1.54, 1.807) is 36.4 Å². The Hall–Kier alpha value is -3.02. The first kappa shape index (κ1) is 18.8. The van der Waals surface area contributed by atoms with E-state index < -0.39 is 15.1 Å². The van der Waals surface area contributed by atoms with Gasteiger partial charge in [-0.15, -0.1) is 0 Å². The quantitative estimate of drug-likeness (QED) is 0.695. The van der Waals surface area contributed by atoms with E-state index in [0.717, 1.165) is 5.56 Å². The predicted molar refractivity (Wildman–Crippen MR) is 98.8 cm³/mol. The molecule has 0 radical (unpaired) electrons. The summed E-state index contributed by atoms with van der Waals surface area (Å²) in [6.45, 7) is 1.46. The number of aryl methyl sites for hydroxylation is 1. The normalized spacial score (nSPS) is 12.5. The van der Waals surface area contributed by atoms with Crippen LogP contribution in [0.2, 0.25) is 0 Å². The third-order valence-corrected chi connectivity index (χ3v) is 5.80. The molecule has 1 aromatic heterocycles. The average Bonchev–Trinajstić information content (AvgIpc) is 2.67. The number of benzene rings is 2. The van der Waals surface area contributed by atoms with Gasteiger partial charge in [0, 0.05) is 0 Å². The maximum atomic E-state index is 13.0. The van der Waals surface area contributed by atoms with Crippen molar-refractivity contribution in [3.05, 3.63) is 59.8 Å². The highest BCUT2D eigenvalue weighted by Gasteiger charge is 2.34. The van der Waals surface area contributed by atoms with Gasteiger partial charge in [0.2, 0.25) is 15.7 Å². The van der Waals surface area contributed by atoms with Crippen molar-refractivity contribution in [2.24, 2.45) is 0 Å². The Morgan fingerprint density at radius 1 is 1.11 bits per heavy atom. The smallest absolute Gasteiger partial charge is 0.238 e. The van der Waals surface area contributed by atoms with Crippen LogP contribution in [-0.4, -0.2) is 36.7 Å². The number of sulfone groups is 1. The molecule has 1 N–H and O–H groups in total. The molecule has 0 aliphatic carbocycles. The van der Waals surface area contributed by atoms with Crippen LogP contribution in [0.25, 0.3) is 11.0 Å². The summed E-state index contributed by atoms with van der Waals surface area (Å²) < 4.78 is 31.5. The van der Waals surface area contributed by atoms with Crippen LogP contribution >= 0.6 is 0 Å². The molecule has 0 aliphatic rings. The minimum absolute atomic E-state index is 0.0164. The van der Waals surface area contributed by atoms with Crippen LogP contribution in [0.4, 0.5) is 0 Å². The Balaban J connectivity index is 2.17. The second-order valence-electron chi connectivity index (χ2n) is 5.84. The molecule has 0 amide bonds. The summed E-state index contributed by atoms with van der Waals surface area (Å²) in [6.07, 6.45) is 0. The van der Waals surface area contributed by atoms with Gasteiger partial charge in [-0.05, 0) is 31.2 Å². The molecule has 1 heterocycles. The first-order valence-electron chi connectivity index (χ1n) is 8.18. The number of hydrogen-bond acceptors (Lipinski definition) is 7. The van der Waals surface area contributed by atoms with Gasteiger partial charge in [0.25, 0.3) is 0 Å². The van der Waals surface area contributed by atoms with Crippen LogP contribution in [0.3, 0.4) is 0 Å². The zero-order chi connectivity index (χ0) is 19.4. The zero-order valence-corrected chi connectivity index (χ0v) is 15.3. The molecule has 0 bridgehead atoms. The zero-order valence-electron chi connectivity index (χ0n) is 14.5. The second-order valence-corrected chi connectivity index (χ2v) is 7.87. The van der Waals surface area contributed by atoms with Gasteiger partial charge in [-0.2, -0.15) is 5.26 Å². The number of rotatable bonds is 6. The van der Waals surface area contributed by atoms with E-state index in [-0.39, 0.29) is 29.7 Å². The number of hydrogen-bond donors (Lipinski definition) is 1. The number of aromatic nitrogens is 2. The average molecular weight is 383 g/mol. The summed E-state index contributed by atoms with van der Waals surface area (Å²) >= 11 is 0. The monoisotopic (exact) mass is 383 g/mol. The molecule has 7 nitrogen and oxygen atoms in total. The summed E-state index contributed by atoms with van der Waals surface area (Å²) in [6, 6.07) is 14.9. The number of ether oxygens (including phenoxy) is 1. The van der Waals surface area contributed by atoms with Crippen molar-refractivity contribution >= 4 is 20.9 Å². The summed E-state index contributed by atoms with van der Waals surface area (Å²) in [5.74, 6) is -0.0787. The Morgan fingerprint density at radius 3 is 2.33 bits per heavy atom. The molecule has 1 atom stereocenters. The summed E-state index contributed by atoms with van der Waals surface area (Å²) in [5.41, 5.74) is 1.76. The number of fused-ring (bicyclic) bond motifs is 1.